The van der Waals surface area contributed by atoms with Gasteiger partial charge in [-0.1, -0.05) is 25.0 Å². The summed E-state index contributed by atoms with van der Waals surface area (Å²) in [4.78, 5) is 28.5. The first-order chi connectivity index (χ1) is 12.9. The number of carboxylic acid groups (broad SMARTS) is 1. The molecular formula is C21H29FN2O3. The highest BCUT2D eigenvalue weighted by Gasteiger charge is 2.46. The van der Waals surface area contributed by atoms with Crippen LogP contribution in [0.25, 0.3) is 0 Å². The summed E-state index contributed by atoms with van der Waals surface area (Å²) in [7, 11) is 0. The molecule has 1 heterocycles. The fraction of sp³-hybridized carbons (Fsp3) is 0.619. The maximum atomic E-state index is 13.2. The fourth-order valence-corrected chi connectivity index (χ4v) is 4.86. The molecule has 1 aliphatic heterocycles. The molecule has 3 rings (SSSR count). The number of nitrogens with zero attached hydrogens (tertiary/aromatic N) is 2. The molecule has 5 nitrogen and oxygen atoms in total. The zero-order chi connectivity index (χ0) is 19.6. The van der Waals surface area contributed by atoms with E-state index in [2.05, 4.69) is 0 Å². The summed E-state index contributed by atoms with van der Waals surface area (Å²) in [5, 5.41) is 9.65. The van der Waals surface area contributed by atoms with Gasteiger partial charge in [-0.25, -0.2) is 4.39 Å². The van der Waals surface area contributed by atoms with Crippen molar-refractivity contribution in [2.75, 3.05) is 13.1 Å². The Hall–Kier alpha value is -1.95. The van der Waals surface area contributed by atoms with Crippen molar-refractivity contribution >= 4 is 11.9 Å². The number of carbonyl (C=O) groups excluding carboxylic acids is 1. The molecule has 2 fully saturated rings. The number of amides is 1. The Morgan fingerprint density at radius 1 is 1.26 bits per heavy atom. The van der Waals surface area contributed by atoms with Gasteiger partial charge in [0.05, 0.1) is 12.6 Å². The number of hydrogen-bond donors (Lipinski definition) is 1. The normalized spacial score (nSPS) is 26.4. The lowest BCUT2D eigenvalue weighted by Crippen LogP contribution is -2.49. The average molecular weight is 376 g/mol. The summed E-state index contributed by atoms with van der Waals surface area (Å²) >= 11 is 0. The van der Waals surface area contributed by atoms with E-state index in [1.54, 1.807) is 17.0 Å². The second-order valence-electron chi connectivity index (χ2n) is 7.78. The van der Waals surface area contributed by atoms with Crippen LogP contribution in [0.5, 0.6) is 0 Å². The van der Waals surface area contributed by atoms with Crippen LogP contribution in [0.15, 0.2) is 24.3 Å². The van der Waals surface area contributed by atoms with Gasteiger partial charge in [-0.15, -0.1) is 0 Å². The van der Waals surface area contributed by atoms with Gasteiger partial charge in [0.25, 0.3) is 0 Å². The minimum absolute atomic E-state index is 0.0631. The summed E-state index contributed by atoms with van der Waals surface area (Å²) < 4.78 is 13.2. The van der Waals surface area contributed by atoms with Crippen LogP contribution in [0.4, 0.5) is 4.39 Å². The number of rotatable bonds is 6. The molecule has 6 heteroatoms. The van der Waals surface area contributed by atoms with Gasteiger partial charge in [0.2, 0.25) is 5.91 Å². The number of likely N-dealkylation sites (N-methyl/N-ethyl adjacent to an activating group) is 1. The first kappa shape index (κ1) is 19.8. The van der Waals surface area contributed by atoms with Crippen LogP contribution in [0.1, 0.15) is 57.6 Å². The van der Waals surface area contributed by atoms with Crippen LogP contribution in [0.3, 0.4) is 0 Å². The lowest BCUT2D eigenvalue weighted by molar-refractivity contribution is -0.144. The Balaban J connectivity index is 1.74. The van der Waals surface area contributed by atoms with E-state index in [-0.39, 0.29) is 30.4 Å². The Bertz CT molecular complexity index is 679. The van der Waals surface area contributed by atoms with Crippen molar-refractivity contribution in [3.8, 4) is 0 Å². The quantitative estimate of drug-likeness (QED) is 0.826. The molecular weight excluding hydrogens is 347 g/mol. The Labute approximate surface area is 160 Å². The number of aliphatic carboxylic acids is 1. The van der Waals surface area contributed by atoms with Gasteiger partial charge in [-0.3, -0.25) is 14.5 Å². The van der Waals surface area contributed by atoms with Crippen molar-refractivity contribution in [1.29, 1.82) is 0 Å². The smallest absolute Gasteiger partial charge is 0.320 e. The van der Waals surface area contributed by atoms with Gasteiger partial charge in [-0.2, -0.15) is 0 Å². The standard InChI is InChI=1S/C21H29FN2O3/c1-3-23(14(2)15-8-10-17(22)11-9-15)20(25)13-24-18-7-5-4-6-16(18)12-19(24)21(26)27/h8-11,14,16,18-19H,3-7,12-13H2,1-2H3,(H,26,27). The third-order valence-corrected chi connectivity index (χ3v) is 6.31. The number of fused-ring (bicyclic) bond motifs is 1. The molecule has 27 heavy (non-hydrogen) atoms. The highest BCUT2D eigenvalue weighted by atomic mass is 19.1. The predicted molar refractivity (Wildman–Crippen MR) is 101 cm³/mol. The number of carboxylic acids is 1. The minimum atomic E-state index is -0.827. The lowest BCUT2D eigenvalue weighted by atomic mass is 9.85. The molecule has 148 valence electrons. The summed E-state index contributed by atoms with van der Waals surface area (Å²) in [6.45, 7) is 4.51. The molecule has 0 radical (unpaired) electrons. The van der Waals surface area contributed by atoms with Crippen molar-refractivity contribution < 1.29 is 19.1 Å². The highest BCUT2D eigenvalue weighted by molar-refractivity contribution is 5.81. The summed E-state index contributed by atoms with van der Waals surface area (Å²) in [5.74, 6) is -0.805. The van der Waals surface area contributed by atoms with E-state index >= 15 is 0 Å². The van der Waals surface area contributed by atoms with Crippen molar-refractivity contribution in [2.24, 2.45) is 5.92 Å². The third kappa shape index (κ3) is 4.15. The lowest BCUT2D eigenvalue weighted by Gasteiger charge is -2.35. The zero-order valence-electron chi connectivity index (χ0n) is 16.1. The van der Waals surface area contributed by atoms with Crippen LogP contribution in [0.2, 0.25) is 0 Å². The zero-order valence-corrected chi connectivity index (χ0v) is 16.1. The summed E-state index contributed by atoms with van der Waals surface area (Å²) in [6.07, 6.45) is 4.93. The van der Waals surface area contributed by atoms with Gasteiger partial charge < -0.3 is 10.0 Å². The van der Waals surface area contributed by atoms with E-state index in [1.807, 2.05) is 18.7 Å². The Morgan fingerprint density at radius 3 is 2.56 bits per heavy atom. The molecule has 0 aromatic heterocycles. The van der Waals surface area contributed by atoms with Crippen LogP contribution < -0.4 is 0 Å². The maximum Gasteiger partial charge on any atom is 0.320 e. The molecule has 1 saturated carbocycles. The van der Waals surface area contributed by atoms with Crippen LogP contribution in [-0.2, 0) is 9.59 Å². The molecule has 2 aliphatic rings. The van der Waals surface area contributed by atoms with E-state index in [9.17, 15) is 19.1 Å². The van der Waals surface area contributed by atoms with E-state index in [1.165, 1.54) is 12.1 Å². The first-order valence-corrected chi connectivity index (χ1v) is 9.95. The minimum Gasteiger partial charge on any atom is -0.480 e. The number of hydrogen-bond acceptors (Lipinski definition) is 3. The number of carbonyl (C=O) groups is 2. The predicted octanol–water partition coefficient (Wildman–Crippen LogP) is 3.45. The maximum absolute atomic E-state index is 13.2. The molecule has 1 aliphatic carbocycles. The van der Waals surface area contributed by atoms with E-state index < -0.39 is 12.0 Å². The van der Waals surface area contributed by atoms with Crippen LogP contribution in [0, 0.1) is 11.7 Å². The second kappa shape index (κ2) is 8.38. The van der Waals surface area contributed by atoms with Gasteiger partial charge in [0.1, 0.15) is 11.9 Å². The van der Waals surface area contributed by atoms with Gasteiger partial charge in [0, 0.05) is 12.6 Å². The third-order valence-electron chi connectivity index (χ3n) is 6.31. The van der Waals surface area contributed by atoms with Crippen molar-refractivity contribution in [2.45, 2.75) is 64.1 Å². The van der Waals surface area contributed by atoms with Crippen LogP contribution >= 0.6 is 0 Å². The first-order valence-electron chi connectivity index (χ1n) is 9.95. The van der Waals surface area contributed by atoms with Crippen LogP contribution in [-0.4, -0.2) is 52.0 Å². The molecule has 1 saturated heterocycles. The largest absolute Gasteiger partial charge is 0.480 e. The van der Waals surface area contributed by atoms with E-state index in [0.29, 0.717) is 18.9 Å². The van der Waals surface area contributed by atoms with Gasteiger partial charge in [0.15, 0.2) is 0 Å². The molecule has 1 aromatic carbocycles. The molecule has 0 spiro atoms. The van der Waals surface area contributed by atoms with E-state index in [0.717, 1.165) is 31.2 Å². The summed E-state index contributed by atoms with van der Waals surface area (Å²) in [5.41, 5.74) is 0.873. The molecule has 4 atom stereocenters. The Morgan fingerprint density at radius 2 is 1.93 bits per heavy atom. The Kier molecular flexibility index (Phi) is 6.15. The fourth-order valence-electron chi connectivity index (χ4n) is 4.86. The number of benzene rings is 1. The SMILES string of the molecule is CCN(C(=O)CN1C(C(=O)O)CC2CCCCC21)C(C)c1ccc(F)cc1. The molecule has 1 aromatic rings. The molecule has 0 bridgehead atoms. The molecule has 4 unspecified atom stereocenters. The van der Waals surface area contributed by atoms with Crippen molar-refractivity contribution in [3.63, 3.8) is 0 Å². The summed E-state index contributed by atoms with van der Waals surface area (Å²) in [6, 6.07) is 5.64. The van der Waals surface area contributed by atoms with Crippen molar-refractivity contribution in [1.82, 2.24) is 9.80 Å². The molecule has 1 amide bonds. The van der Waals surface area contributed by atoms with Crippen molar-refractivity contribution in [3.05, 3.63) is 35.6 Å². The topological polar surface area (TPSA) is 60.9 Å². The highest BCUT2D eigenvalue weighted by Crippen LogP contribution is 2.39. The van der Waals surface area contributed by atoms with E-state index in [4.69, 9.17) is 0 Å². The molecule has 1 N–H and O–H groups in total. The van der Waals surface area contributed by atoms with Gasteiger partial charge >= 0.3 is 5.97 Å². The number of halogens is 1. The van der Waals surface area contributed by atoms with Gasteiger partial charge in [-0.05, 0) is 56.7 Å². The second-order valence-corrected chi connectivity index (χ2v) is 7.78. The number of likely N-dealkylation sites (tertiary alicyclic amines) is 1. The average Bonchev–Trinajstić information content (AvgIpc) is 3.02. The monoisotopic (exact) mass is 376 g/mol.